The molecule has 3 heteroatoms. The molecule has 1 aliphatic heterocycles. The van der Waals surface area contributed by atoms with E-state index in [2.05, 4.69) is 139 Å². The molecule has 0 N–H and O–H groups in total. The molecule has 0 spiro atoms. The summed E-state index contributed by atoms with van der Waals surface area (Å²) < 4.78 is 0. The van der Waals surface area contributed by atoms with Crippen LogP contribution in [0.15, 0.2) is 153 Å². The van der Waals surface area contributed by atoms with Gasteiger partial charge in [0.25, 0.3) is 0 Å². The second-order valence-corrected chi connectivity index (χ2v) is 10.6. The molecule has 1 aromatic heterocycles. The summed E-state index contributed by atoms with van der Waals surface area (Å²) in [5, 5.41) is 0. The van der Waals surface area contributed by atoms with Gasteiger partial charge in [-0.05, 0) is 95.3 Å². The van der Waals surface area contributed by atoms with Gasteiger partial charge < -0.3 is 9.80 Å². The summed E-state index contributed by atoms with van der Waals surface area (Å²) >= 11 is 0. The summed E-state index contributed by atoms with van der Waals surface area (Å²) in [6.07, 6.45) is 11.0. The molecule has 210 valence electrons. The Morgan fingerprint density at radius 1 is 0.837 bits per heavy atom. The fourth-order valence-corrected chi connectivity index (χ4v) is 5.72. The highest BCUT2D eigenvalue weighted by atomic mass is 15.2. The second-order valence-electron chi connectivity index (χ2n) is 10.6. The largest absolute Gasteiger partial charge is 0.341 e. The molecule has 0 saturated heterocycles. The number of allylic oxidation sites excluding steroid dienone is 4. The van der Waals surface area contributed by atoms with Crippen molar-refractivity contribution >= 4 is 40.1 Å². The number of rotatable bonds is 8. The van der Waals surface area contributed by atoms with Crippen molar-refractivity contribution in [3.8, 4) is 0 Å². The number of fused-ring (bicyclic) bond motifs is 1. The molecule has 43 heavy (non-hydrogen) atoms. The van der Waals surface area contributed by atoms with Crippen LogP contribution in [0.4, 0.5) is 22.9 Å². The van der Waals surface area contributed by atoms with E-state index in [0.717, 1.165) is 52.4 Å². The van der Waals surface area contributed by atoms with Gasteiger partial charge in [-0.3, -0.25) is 0 Å². The number of pyridine rings is 1. The van der Waals surface area contributed by atoms with Crippen LogP contribution in [-0.4, -0.2) is 11.5 Å². The molecular weight excluding hydrogens is 522 g/mol. The maximum Gasteiger partial charge on any atom is 0.144 e. The van der Waals surface area contributed by atoms with Gasteiger partial charge in [-0.2, -0.15) is 0 Å². The Morgan fingerprint density at radius 3 is 2.47 bits per heavy atom. The molecular formula is C40H35N3. The standard InChI is InChI=1S/C40H35N3/c1-4-32-16-9-10-17-33(32)25-28-42(39-24-11-8-15-30(39)2)36-21-12-18-34(29-36)37-23-14-27-43(35-19-6-5-7-20-35)40-38(31(37)3)22-13-26-41-40/h4-24,26-27,29H,1,3,25,28H2,2H3/b27-14-,37-23+. The molecule has 0 fully saturated rings. The van der Waals surface area contributed by atoms with E-state index in [-0.39, 0.29) is 0 Å². The highest BCUT2D eigenvalue weighted by Crippen LogP contribution is 2.40. The van der Waals surface area contributed by atoms with Crippen molar-refractivity contribution in [2.45, 2.75) is 13.3 Å². The van der Waals surface area contributed by atoms with Crippen LogP contribution < -0.4 is 9.80 Å². The first kappa shape index (κ1) is 27.7. The maximum atomic E-state index is 4.79. The van der Waals surface area contributed by atoms with Crippen LogP contribution in [0.3, 0.4) is 0 Å². The molecule has 1 aliphatic rings. The summed E-state index contributed by atoms with van der Waals surface area (Å²) in [5.74, 6) is 0.860. The van der Waals surface area contributed by atoms with Gasteiger partial charge >= 0.3 is 0 Å². The Kier molecular flexibility index (Phi) is 8.15. The lowest BCUT2D eigenvalue weighted by Crippen LogP contribution is -2.21. The van der Waals surface area contributed by atoms with Crippen LogP contribution in [0.1, 0.15) is 27.8 Å². The van der Waals surface area contributed by atoms with Gasteiger partial charge in [0.2, 0.25) is 0 Å². The quantitative estimate of drug-likeness (QED) is 0.189. The van der Waals surface area contributed by atoms with Crippen molar-refractivity contribution in [1.82, 2.24) is 4.98 Å². The van der Waals surface area contributed by atoms with Crippen LogP contribution in [0.5, 0.6) is 0 Å². The van der Waals surface area contributed by atoms with E-state index in [1.807, 2.05) is 36.5 Å². The van der Waals surface area contributed by atoms with Gasteiger partial charge in [-0.1, -0.05) is 98.1 Å². The number of anilines is 4. The normalized spacial score (nSPS) is 14.6. The van der Waals surface area contributed by atoms with Crippen LogP contribution >= 0.6 is 0 Å². The first-order valence-electron chi connectivity index (χ1n) is 14.7. The zero-order valence-electron chi connectivity index (χ0n) is 24.5. The fraction of sp³-hybridized carbons (Fsp3) is 0.0750. The lowest BCUT2D eigenvalue weighted by molar-refractivity contribution is 0.908. The molecule has 3 nitrogen and oxygen atoms in total. The fourth-order valence-electron chi connectivity index (χ4n) is 5.72. The SMILES string of the molecule is C=Cc1ccccc1CCN(c1cccc(/C2=C/C=C\N(c3ccccc3)c3ncccc3C2=C)c1)c1ccccc1C. The predicted molar refractivity (Wildman–Crippen MR) is 184 cm³/mol. The van der Waals surface area contributed by atoms with E-state index >= 15 is 0 Å². The van der Waals surface area contributed by atoms with Crippen molar-refractivity contribution in [3.05, 3.63) is 181 Å². The third kappa shape index (κ3) is 5.84. The maximum absolute atomic E-state index is 4.79. The molecule has 0 atom stereocenters. The summed E-state index contributed by atoms with van der Waals surface area (Å²) in [4.78, 5) is 9.33. The van der Waals surface area contributed by atoms with Crippen molar-refractivity contribution in [2.24, 2.45) is 0 Å². The molecule has 0 bridgehead atoms. The van der Waals surface area contributed by atoms with Crippen molar-refractivity contribution in [3.63, 3.8) is 0 Å². The van der Waals surface area contributed by atoms with E-state index in [9.17, 15) is 0 Å². The molecule has 0 aliphatic carbocycles. The Morgan fingerprint density at radius 2 is 1.63 bits per heavy atom. The Labute approximate surface area is 255 Å². The van der Waals surface area contributed by atoms with E-state index in [0.29, 0.717) is 0 Å². The molecule has 6 rings (SSSR count). The number of aromatic nitrogens is 1. The average molecular weight is 558 g/mol. The van der Waals surface area contributed by atoms with E-state index < -0.39 is 0 Å². The average Bonchev–Trinajstić information content (AvgIpc) is 3.05. The Balaban J connectivity index is 1.40. The van der Waals surface area contributed by atoms with Crippen LogP contribution in [0, 0.1) is 6.92 Å². The van der Waals surface area contributed by atoms with Gasteiger partial charge in [-0.25, -0.2) is 4.98 Å². The number of hydrogen-bond acceptors (Lipinski definition) is 3. The molecule has 2 heterocycles. The number of benzene rings is 4. The summed E-state index contributed by atoms with van der Waals surface area (Å²) in [5.41, 5.74) is 11.2. The zero-order valence-corrected chi connectivity index (χ0v) is 24.5. The Hall–Kier alpha value is -5.41. The predicted octanol–water partition coefficient (Wildman–Crippen LogP) is 10.2. The monoisotopic (exact) mass is 557 g/mol. The summed E-state index contributed by atoms with van der Waals surface area (Å²) in [7, 11) is 0. The third-order valence-electron chi connectivity index (χ3n) is 7.95. The molecule has 5 aromatic rings. The lowest BCUT2D eigenvalue weighted by Gasteiger charge is -2.28. The first-order valence-corrected chi connectivity index (χ1v) is 14.7. The highest BCUT2D eigenvalue weighted by Gasteiger charge is 2.20. The van der Waals surface area contributed by atoms with Crippen molar-refractivity contribution < 1.29 is 0 Å². The smallest absolute Gasteiger partial charge is 0.144 e. The molecule has 0 amide bonds. The molecule has 0 saturated carbocycles. The minimum atomic E-state index is 0.831. The van der Waals surface area contributed by atoms with Gasteiger partial charge in [-0.15, -0.1) is 0 Å². The molecule has 0 radical (unpaired) electrons. The minimum Gasteiger partial charge on any atom is -0.341 e. The van der Waals surface area contributed by atoms with Gasteiger partial charge in [0.15, 0.2) is 0 Å². The lowest BCUT2D eigenvalue weighted by atomic mass is 9.92. The van der Waals surface area contributed by atoms with Crippen LogP contribution in [0.25, 0.3) is 17.2 Å². The molecule has 0 unspecified atom stereocenters. The number of nitrogens with zero attached hydrogens (tertiary/aromatic N) is 3. The van der Waals surface area contributed by atoms with Gasteiger partial charge in [0, 0.05) is 41.6 Å². The summed E-state index contributed by atoms with van der Waals surface area (Å²) in [6.45, 7) is 11.6. The van der Waals surface area contributed by atoms with Crippen molar-refractivity contribution in [1.29, 1.82) is 0 Å². The van der Waals surface area contributed by atoms with Gasteiger partial charge in [0.05, 0.1) is 0 Å². The van der Waals surface area contributed by atoms with Crippen LogP contribution in [0.2, 0.25) is 0 Å². The third-order valence-corrected chi connectivity index (χ3v) is 7.95. The zero-order chi connectivity index (χ0) is 29.6. The van der Waals surface area contributed by atoms with Crippen LogP contribution in [-0.2, 0) is 6.42 Å². The number of para-hydroxylation sites is 2. The van der Waals surface area contributed by atoms with E-state index in [1.54, 1.807) is 0 Å². The minimum absolute atomic E-state index is 0.831. The first-order chi connectivity index (χ1) is 21.1. The Bertz CT molecular complexity index is 1830. The number of aryl methyl sites for hydroxylation is 1. The van der Waals surface area contributed by atoms with Gasteiger partial charge in [0.1, 0.15) is 5.82 Å². The molecule has 4 aromatic carbocycles. The second kappa shape index (κ2) is 12.6. The van der Waals surface area contributed by atoms with Crippen molar-refractivity contribution in [2.75, 3.05) is 16.3 Å². The highest BCUT2D eigenvalue weighted by molar-refractivity contribution is 6.07. The van der Waals surface area contributed by atoms with E-state index in [1.165, 1.54) is 22.4 Å². The summed E-state index contributed by atoms with van der Waals surface area (Å²) in [6, 6.07) is 40.3. The van der Waals surface area contributed by atoms with E-state index in [4.69, 9.17) is 4.98 Å². The topological polar surface area (TPSA) is 19.4 Å². The number of hydrogen-bond donors (Lipinski definition) is 0.